The van der Waals surface area contributed by atoms with Gasteiger partial charge in [-0.3, -0.25) is 14.1 Å². The van der Waals surface area contributed by atoms with E-state index in [0.29, 0.717) is 18.0 Å². The Morgan fingerprint density at radius 3 is 2.33 bits per heavy atom. The second kappa shape index (κ2) is 6.05. The molecule has 0 fully saturated rings. The van der Waals surface area contributed by atoms with Crippen molar-refractivity contribution in [3.05, 3.63) is 5.69 Å². The minimum Gasteiger partial charge on any atom is -0.369 e. The Kier molecular flexibility index (Phi) is 4.56. The van der Waals surface area contributed by atoms with Gasteiger partial charge in [-0.15, -0.1) is 0 Å². The Morgan fingerprint density at radius 2 is 1.81 bits per heavy atom. The number of rotatable bonds is 6. The summed E-state index contributed by atoms with van der Waals surface area (Å²) in [4.78, 5) is 6.97. The highest BCUT2D eigenvalue weighted by Gasteiger charge is 2.19. The summed E-state index contributed by atoms with van der Waals surface area (Å²) in [5.74, 6) is 0.583. The molecule has 21 heavy (non-hydrogen) atoms. The van der Waals surface area contributed by atoms with Crippen LogP contribution in [0.25, 0.3) is 11.2 Å². The number of imidazole rings is 1. The molecule has 2 aromatic heterocycles. The molecule has 0 aliphatic rings. The molecule has 0 amide bonds. The quantitative estimate of drug-likeness (QED) is 0.885. The lowest BCUT2D eigenvalue weighted by atomic mass is 10.2. The fourth-order valence-corrected chi connectivity index (χ4v) is 3.05. The van der Waals surface area contributed by atoms with E-state index < -0.39 is 0 Å². The molecule has 6 nitrogen and oxygen atoms in total. The molecule has 0 saturated carbocycles. The normalized spacial score (nSPS) is 12.4. The van der Waals surface area contributed by atoms with Crippen molar-refractivity contribution < 1.29 is 0 Å². The van der Waals surface area contributed by atoms with E-state index in [9.17, 15) is 0 Å². The minimum atomic E-state index is 0.517. The molecule has 0 aromatic carbocycles. The van der Waals surface area contributed by atoms with Crippen molar-refractivity contribution in [3.63, 3.8) is 0 Å². The summed E-state index contributed by atoms with van der Waals surface area (Å²) >= 11 is 0. The monoisotopic (exact) mass is 292 g/mol. The molecule has 2 N–H and O–H groups in total. The first-order valence-corrected chi connectivity index (χ1v) is 7.80. The van der Waals surface area contributed by atoms with Crippen molar-refractivity contribution >= 4 is 17.1 Å². The maximum atomic E-state index is 6.12. The number of aromatic nitrogens is 4. The number of nitrogen functional groups attached to an aromatic ring is 1. The number of anilines is 1. The Labute approximate surface area is 126 Å². The average molecular weight is 292 g/mol. The van der Waals surface area contributed by atoms with Crippen molar-refractivity contribution in [2.75, 3.05) is 12.3 Å². The number of hydrogen-bond donors (Lipinski definition) is 1. The smallest absolute Gasteiger partial charge is 0.202 e. The molecular weight excluding hydrogens is 264 g/mol. The lowest BCUT2D eigenvalue weighted by Crippen LogP contribution is -2.39. The van der Waals surface area contributed by atoms with Gasteiger partial charge in [-0.25, -0.2) is 4.98 Å². The van der Waals surface area contributed by atoms with Crippen LogP contribution in [0, 0.1) is 0 Å². The third kappa shape index (κ3) is 2.90. The third-order valence-electron chi connectivity index (χ3n) is 4.06. The molecule has 0 aliphatic heterocycles. The molecule has 0 saturated heterocycles. The molecule has 2 heterocycles. The van der Waals surface area contributed by atoms with Gasteiger partial charge in [-0.05, 0) is 34.1 Å². The number of nitrogens with zero attached hydrogens (tertiary/aromatic N) is 5. The largest absolute Gasteiger partial charge is 0.369 e. The summed E-state index contributed by atoms with van der Waals surface area (Å²) in [5, 5.41) is 4.53. The molecule has 6 heteroatoms. The zero-order valence-electron chi connectivity index (χ0n) is 14.1. The van der Waals surface area contributed by atoms with Gasteiger partial charge in [-0.2, -0.15) is 5.10 Å². The Hall–Kier alpha value is -1.56. The molecule has 0 bridgehead atoms. The van der Waals surface area contributed by atoms with Crippen molar-refractivity contribution in [2.45, 2.75) is 59.7 Å². The Balaban J connectivity index is 2.30. The molecular formula is C15H28N6. The van der Waals surface area contributed by atoms with Crippen LogP contribution in [-0.4, -0.2) is 42.9 Å². The molecule has 118 valence electrons. The van der Waals surface area contributed by atoms with Crippen molar-refractivity contribution in [2.24, 2.45) is 7.05 Å². The number of hydrogen-bond acceptors (Lipinski definition) is 4. The van der Waals surface area contributed by atoms with Gasteiger partial charge in [0.05, 0.1) is 5.69 Å². The highest BCUT2D eigenvalue weighted by atomic mass is 15.4. The number of nitrogens with two attached hydrogens (primary N) is 1. The van der Waals surface area contributed by atoms with E-state index in [2.05, 4.69) is 54.2 Å². The van der Waals surface area contributed by atoms with Gasteiger partial charge in [0, 0.05) is 32.2 Å². The van der Waals surface area contributed by atoms with Crippen LogP contribution in [-0.2, 0) is 20.0 Å². The molecule has 0 unspecified atom stereocenters. The first kappa shape index (κ1) is 15.8. The Morgan fingerprint density at radius 1 is 1.19 bits per heavy atom. The van der Waals surface area contributed by atoms with E-state index in [0.717, 1.165) is 36.4 Å². The van der Waals surface area contributed by atoms with E-state index in [-0.39, 0.29) is 0 Å². The number of aryl methyl sites for hydroxylation is 2. The first-order chi connectivity index (χ1) is 9.86. The fraction of sp³-hybridized carbons (Fsp3) is 0.733. The lowest BCUT2D eigenvalue weighted by molar-refractivity contribution is 0.169. The fourth-order valence-electron chi connectivity index (χ4n) is 3.05. The maximum Gasteiger partial charge on any atom is 0.202 e. The summed E-state index contributed by atoms with van der Waals surface area (Å²) in [6.07, 6.45) is 0.873. The second-order valence-corrected chi connectivity index (χ2v) is 6.14. The van der Waals surface area contributed by atoms with E-state index >= 15 is 0 Å². The number of fused-ring (bicyclic) bond motifs is 1. The third-order valence-corrected chi connectivity index (χ3v) is 4.06. The van der Waals surface area contributed by atoms with Crippen LogP contribution >= 0.6 is 0 Å². The van der Waals surface area contributed by atoms with E-state index in [1.165, 1.54) is 0 Å². The van der Waals surface area contributed by atoms with Crippen LogP contribution in [0.3, 0.4) is 0 Å². The van der Waals surface area contributed by atoms with E-state index in [1.807, 2.05) is 11.7 Å². The van der Waals surface area contributed by atoms with Gasteiger partial charge in [0.25, 0.3) is 0 Å². The van der Waals surface area contributed by atoms with Gasteiger partial charge >= 0.3 is 0 Å². The predicted octanol–water partition coefficient (Wildman–Crippen LogP) is 2.03. The zero-order valence-corrected chi connectivity index (χ0v) is 14.1. The first-order valence-electron chi connectivity index (χ1n) is 7.80. The van der Waals surface area contributed by atoms with Gasteiger partial charge in [0.1, 0.15) is 5.52 Å². The minimum absolute atomic E-state index is 0.517. The van der Waals surface area contributed by atoms with Gasteiger partial charge < -0.3 is 5.73 Å². The molecule has 2 aromatic rings. The average Bonchev–Trinajstić information content (AvgIpc) is 2.87. The summed E-state index contributed by atoms with van der Waals surface area (Å²) in [7, 11) is 1.96. The van der Waals surface area contributed by atoms with Gasteiger partial charge in [-0.1, -0.05) is 6.92 Å². The van der Waals surface area contributed by atoms with Gasteiger partial charge in [0.15, 0.2) is 5.65 Å². The maximum absolute atomic E-state index is 6.12. The van der Waals surface area contributed by atoms with Crippen molar-refractivity contribution in [3.8, 4) is 0 Å². The Bertz CT molecular complexity index is 599. The summed E-state index contributed by atoms with van der Waals surface area (Å²) in [6, 6.07) is 1.03. The van der Waals surface area contributed by atoms with Crippen LogP contribution in [0.5, 0.6) is 0 Å². The van der Waals surface area contributed by atoms with Crippen molar-refractivity contribution in [1.82, 2.24) is 24.2 Å². The lowest BCUT2D eigenvalue weighted by Gasteiger charge is -2.30. The topological polar surface area (TPSA) is 64.9 Å². The van der Waals surface area contributed by atoms with E-state index in [4.69, 9.17) is 5.73 Å². The SMILES string of the molecule is CCc1nn(C)c2c1nc(N)n2CCN(C(C)C)C(C)C. The predicted molar refractivity (Wildman–Crippen MR) is 87.3 cm³/mol. The van der Waals surface area contributed by atoms with Crippen LogP contribution in [0.15, 0.2) is 0 Å². The standard InChI is InChI=1S/C15H28N6/c1-7-12-13-14(19(6)18-12)21(15(16)17-13)9-8-20(10(2)3)11(4)5/h10-11H,7-9H2,1-6H3,(H2,16,17). The highest BCUT2D eigenvalue weighted by molar-refractivity contribution is 5.77. The van der Waals surface area contributed by atoms with Crippen LogP contribution in [0.4, 0.5) is 5.95 Å². The van der Waals surface area contributed by atoms with E-state index in [1.54, 1.807) is 0 Å². The van der Waals surface area contributed by atoms with Gasteiger partial charge in [0.2, 0.25) is 5.95 Å². The summed E-state index contributed by atoms with van der Waals surface area (Å²) in [5.41, 5.74) is 9.10. The molecule has 0 spiro atoms. The molecule has 0 atom stereocenters. The molecule has 0 aliphatic carbocycles. The van der Waals surface area contributed by atoms with Crippen LogP contribution in [0.1, 0.15) is 40.3 Å². The van der Waals surface area contributed by atoms with Crippen molar-refractivity contribution in [1.29, 1.82) is 0 Å². The second-order valence-electron chi connectivity index (χ2n) is 6.14. The highest BCUT2D eigenvalue weighted by Crippen LogP contribution is 2.21. The van der Waals surface area contributed by atoms with Crippen LogP contribution < -0.4 is 5.73 Å². The summed E-state index contributed by atoms with van der Waals surface area (Å²) < 4.78 is 3.98. The zero-order chi connectivity index (χ0) is 15.7. The van der Waals surface area contributed by atoms with Crippen LogP contribution in [0.2, 0.25) is 0 Å². The molecule has 2 rings (SSSR count). The summed E-state index contributed by atoms with van der Waals surface area (Å²) in [6.45, 7) is 12.8. The molecule has 0 radical (unpaired) electrons.